The van der Waals surface area contributed by atoms with Crippen LogP contribution >= 0.6 is 11.3 Å². The second kappa shape index (κ2) is 7.53. The Morgan fingerprint density at radius 2 is 1.71 bits per heavy atom. The van der Waals surface area contributed by atoms with E-state index in [4.69, 9.17) is 9.47 Å². The number of carbonyl (C=O) groups excluding carboxylic acids is 1. The summed E-state index contributed by atoms with van der Waals surface area (Å²) < 4.78 is 38.5. The van der Waals surface area contributed by atoms with Crippen LogP contribution < -0.4 is 19.5 Å². The minimum Gasteiger partial charge on any atom is -0.486 e. The van der Waals surface area contributed by atoms with Crippen LogP contribution in [0.1, 0.15) is 9.67 Å². The Balaban J connectivity index is 1.53. The van der Waals surface area contributed by atoms with Crippen molar-refractivity contribution in [3.8, 4) is 11.5 Å². The van der Waals surface area contributed by atoms with E-state index in [0.717, 1.165) is 11.3 Å². The summed E-state index contributed by atoms with van der Waals surface area (Å²) in [6, 6.07) is 14.6. The third-order valence-electron chi connectivity index (χ3n) is 3.97. The fourth-order valence-electron chi connectivity index (χ4n) is 2.68. The van der Waals surface area contributed by atoms with Crippen LogP contribution in [-0.4, -0.2) is 27.5 Å². The molecule has 0 radical (unpaired) electrons. The maximum atomic E-state index is 12.7. The van der Waals surface area contributed by atoms with Gasteiger partial charge in [0.2, 0.25) is 0 Å². The molecule has 0 saturated carbocycles. The molecule has 2 N–H and O–H groups in total. The number of ether oxygens (including phenoxy) is 2. The van der Waals surface area contributed by atoms with Crippen LogP contribution in [0.15, 0.2) is 64.9 Å². The van der Waals surface area contributed by atoms with Gasteiger partial charge in [0.15, 0.2) is 11.5 Å². The van der Waals surface area contributed by atoms with E-state index in [1.807, 2.05) is 0 Å². The first-order valence-electron chi connectivity index (χ1n) is 8.39. The Labute approximate surface area is 166 Å². The summed E-state index contributed by atoms with van der Waals surface area (Å²) in [4.78, 5) is 13.1. The third-order valence-corrected chi connectivity index (χ3v) is 6.26. The summed E-state index contributed by atoms with van der Waals surface area (Å²) in [6.07, 6.45) is 0. The van der Waals surface area contributed by atoms with Crippen molar-refractivity contribution in [1.82, 2.24) is 0 Å². The molecule has 0 saturated heterocycles. The van der Waals surface area contributed by atoms with Crippen molar-refractivity contribution in [3.05, 3.63) is 64.9 Å². The molecular weight excluding hydrogens is 400 g/mol. The number of nitrogens with one attached hydrogen (secondary N) is 2. The normalized spacial score (nSPS) is 13.0. The molecule has 0 fully saturated rings. The Kier molecular flexibility index (Phi) is 4.93. The van der Waals surface area contributed by atoms with Gasteiger partial charge in [-0.2, -0.15) is 0 Å². The molecule has 1 aliphatic rings. The number of rotatable bonds is 5. The van der Waals surface area contributed by atoms with Gasteiger partial charge in [0.05, 0.1) is 10.6 Å². The van der Waals surface area contributed by atoms with E-state index < -0.39 is 15.9 Å². The SMILES string of the molecule is O=C(Nc1ccc2c(c1)OCCO2)c1sccc1NS(=O)(=O)c1ccccc1. The molecule has 1 aliphatic heterocycles. The number of benzene rings is 2. The lowest BCUT2D eigenvalue weighted by Crippen LogP contribution is -2.18. The van der Waals surface area contributed by atoms with Crippen molar-refractivity contribution in [1.29, 1.82) is 0 Å². The predicted octanol–water partition coefficient (Wildman–Crippen LogP) is 3.57. The molecule has 2 heterocycles. The van der Waals surface area contributed by atoms with E-state index in [0.29, 0.717) is 30.4 Å². The van der Waals surface area contributed by atoms with Crippen LogP contribution in [0.4, 0.5) is 11.4 Å². The fourth-order valence-corrected chi connectivity index (χ4v) is 4.58. The van der Waals surface area contributed by atoms with Crippen LogP contribution in [0.5, 0.6) is 11.5 Å². The third kappa shape index (κ3) is 3.80. The zero-order valence-electron chi connectivity index (χ0n) is 14.5. The van der Waals surface area contributed by atoms with Crippen LogP contribution in [-0.2, 0) is 10.0 Å². The van der Waals surface area contributed by atoms with Crippen molar-refractivity contribution in [2.24, 2.45) is 0 Å². The molecule has 0 bridgehead atoms. The molecule has 144 valence electrons. The van der Waals surface area contributed by atoms with Gasteiger partial charge < -0.3 is 14.8 Å². The summed E-state index contributed by atoms with van der Waals surface area (Å²) in [5, 5.41) is 4.42. The molecule has 1 aromatic heterocycles. The van der Waals surface area contributed by atoms with Crippen molar-refractivity contribution in [2.75, 3.05) is 23.3 Å². The number of fused-ring (bicyclic) bond motifs is 1. The largest absolute Gasteiger partial charge is 0.486 e. The number of hydrogen-bond donors (Lipinski definition) is 2. The number of anilines is 2. The van der Waals surface area contributed by atoms with Crippen molar-refractivity contribution in [3.63, 3.8) is 0 Å². The first kappa shape index (κ1) is 18.3. The molecule has 0 unspecified atom stereocenters. The molecule has 2 aromatic carbocycles. The highest BCUT2D eigenvalue weighted by Crippen LogP contribution is 2.33. The lowest BCUT2D eigenvalue weighted by atomic mass is 10.2. The summed E-state index contributed by atoms with van der Waals surface area (Å²) in [7, 11) is -3.78. The van der Waals surface area contributed by atoms with Gasteiger partial charge in [-0.3, -0.25) is 9.52 Å². The molecule has 9 heteroatoms. The van der Waals surface area contributed by atoms with Crippen molar-refractivity contribution in [2.45, 2.75) is 4.90 Å². The molecule has 0 spiro atoms. The van der Waals surface area contributed by atoms with Crippen molar-refractivity contribution >= 4 is 38.6 Å². The zero-order valence-corrected chi connectivity index (χ0v) is 16.2. The fraction of sp³-hybridized carbons (Fsp3) is 0.105. The Morgan fingerprint density at radius 1 is 0.964 bits per heavy atom. The first-order chi connectivity index (χ1) is 13.5. The quantitative estimate of drug-likeness (QED) is 0.663. The molecule has 4 rings (SSSR count). The van der Waals surface area contributed by atoms with Gasteiger partial charge in [-0.05, 0) is 35.7 Å². The van der Waals surface area contributed by atoms with Gasteiger partial charge in [-0.1, -0.05) is 18.2 Å². The average molecular weight is 416 g/mol. The highest BCUT2D eigenvalue weighted by molar-refractivity contribution is 7.92. The van der Waals surface area contributed by atoms with Gasteiger partial charge in [0.25, 0.3) is 15.9 Å². The molecule has 28 heavy (non-hydrogen) atoms. The molecule has 7 nitrogen and oxygen atoms in total. The lowest BCUT2D eigenvalue weighted by molar-refractivity contribution is 0.103. The molecule has 0 aliphatic carbocycles. The maximum absolute atomic E-state index is 12.7. The van der Waals surface area contributed by atoms with E-state index in [1.54, 1.807) is 47.8 Å². The summed E-state index contributed by atoms with van der Waals surface area (Å²) in [5.74, 6) is 0.759. The van der Waals surface area contributed by atoms with Gasteiger partial charge in [-0.15, -0.1) is 11.3 Å². The van der Waals surface area contributed by atoms with Gasteiger partial charge in [-0.25, -0.2) is 8.42 Å². The van der Waals surface area contributed by atoms with Crippen LogP contribution in [0.3, 0.4) is 0 Å². The Morgan fingerprint density at radius 3 is 2.50 bits per heavy atom. The Bertz CT molecular complexity index is 1110. The smallest absolute Gasteiger partial charge is 0.267 e. The Hall–Kier alpha value is -3.04. The standard InChI is InChI=1S/C19H16N2O5S2/c22-19(20-13-6-7-16-17(12-13)26-10-9-25-16)18-15(8-11-27-18)21-28(23,24)14-4-2-1-3-5-14/h1-8,11-12,21H,9-10H2,(H,20,22). The van der Waals surface area contributed by atoms with E-state index in [2.05, 4.69) is 10.0 Å². The topological polar surface area (TPSA) is 93.7 Å². The minimum absolute atomic E-state index is 0.124. The first-order valence-corrected chi connectivity index (χ1v) is 10.8. The highest BCUT2D eigenvalue weighted by Gasteiger charge is 2.20. The number of hydrogen-bond acceptors (Lipinski definition) is 6. The van der Waals surface area contributed by atoms with E-state index in [1.165, 1.54) is 12.1 Å². The highest BCUT2D eigenvalue weighted by atomic mass is 32.2. The molecular formula is C19H16N2O5S2. The number of carbonyl (C=O) groups is 1. The van der Waals surface area contributed by atoms with Gasteiger partial charge >= 0.3 is 0 Å². The summed E-state index contributed by atoms with van der Waals surface area (Å²) in [5.41, 5.74) is 0.753. The second-order valence-corrected chi connectivity index (χ2v) is 8.49. The van der Waals surface area contributed by atoms with Gasteiger partial charge in [0.1, 0.15) is 18.1 Å². The predicted molar refractivity (Wildman–Crippen MR) is 107 cm³/mol. The lowest BCUT2D eigenvalue weighted by Gasteiger charge is -2.19. The van der Waals surface area contributed by atoms with E-state index >= 15 is 0 Å². The van der Waals surface area contributed by atoms with Crippen LogP contribution in [0.25, 0.3) is 0 Å². The van der Waals surface area contributed by atoms with E-state index in [-0.39, 0.29) is 15.5 Å². The number of thiophene rings is 1. The summed E-state index contributed by atoms with van der Waals surface area (Å²) in [6.45, 7) is 0.930. The molecule has 0 atom stereocenters. The van der Waals surface area contributed by atoms with Crippen LogP contribution in [0.2, 0.25) is 0 Å². The monoisotopic (exact) mass is 416 g/mol. The average Bonchev–Trinajstić information content (AvgIpc) is 3.16. The number of amides is 1. The van der Waals surface area contributed by atoms with Gasteiger partial charge in [0, 0.05) is 11.8 Å². The minimum atomic E-state index is -3.78. The maximum Gasteiger partial charge on any atom is 0.267 e. The summed E-state index contributed by atoms with van der Waals surface area (Å²) >= 11 is 1.15. The van der Waals surface area contributed by atoms with Crippen molar-refractivity contribution < 1.29 is 22.7 Å². The second-order valence-electron chi connectivity index (χ2n) is 5.89. The number of sulfonamides is 1. The molecule has 3 aromatic rings. The molecule has 1 amide bonds. The zero-order chi connectivity index (χ0) is 19.6. The van der Waals surface area contributed by atoms with E-state index in [9.17, 15) is 13.2 Å². The van der Waals surface area contributed by atoms with Crippen LogP contribution in [0, 0.1) is 0 Å².